The van der Waals surface area contributed by atoms with E-state index in [2.05, 4.69) is 15.3 Å². The Kier molecular flexibility index (Phi) is 2.87. The lowest BCUT2D eigenvalue weighted by Crippen LogP contribution is -2.11. The molecular weight excluding hydrogens is 174 g/mol. The molecule has 3 nitrogen and oxygen atoms in total. The SMILES string of the molecule is Cc1cc(NC(C)C)nc(Cl)n1. The summed E-state index contributed by atoms with van der Waals surface area (Å²) in [4.78, 5) is 7.97. The van der Waals surface area contributed by atoms with Crippen LogP contribution in [0.1, 0.15) is 19.5 Å². The van der Waals surface area contributed by atoms with Crippen LogP contribution in [0.25, 0.3) is 0 Å². The Labute approximate surface area is 77.2 Å². The Hall–Kier alpha value is -0.830. The molecule has 0 saturated carbocycles. The number of nitrogens with zero attached hydrogens (tertiary/aromatic N) is 2. The molecule has 0 amide bonds. The second-order valence-corrected chi connectivity index (χ2v) is 3.30. The van der Waals surface area contributed by atoms with Crippen LogP contribution in [0.15, 0.2) is 6.07 Å². The second-order valence-electron chi connectivity index (χ2n) is 2.96. The van der Waals surface area contributed by atoms with Gasteiger partial charge in [0.15, 0.2) is 0 Å². The Bertz CT molecular complexity index is 253. The van der Waals surface area contributed by atoms with E-state index in [0.29, 0.717) is 6.04 Å². The third kappa shape index (κ3) is 2.66. The molecule has 0 unspecified atom stereocenters. The van der Waals surface area contributed by atoms with Gasteiger partial charge in [-0.3, -0.25) is 0 Å². The van der Waals surface area contributed by atoms with Crippen molar-refractivity contribution in [3.63, 3.8) is 0 Å². The van der Waals surface area contributed by atoms with Crippen LogP contribution < -0.4 is 5.32 Å². The number of nitrogens with one attached hydrogen (secondary N) is 1. The Morgan fingerprint density at radius 3 is 2.58 bits per heavy atom. The van der Waals surface area contributed by atoms with E-state index in [1.807, 2.05) is 26.8 Å². The molecule has 1 rings (SSSR count). The van der Waals surface area contributed by atoms with Gasteiger partial charge < -0.3 is 5.32 Å². The van der Waals surface area contributed by atoms with Crippen molar-refractivity contribution in [3.05, 3.63) is 17.0 Å². The second kappa shape index (κ2) is 3.72. The summed E-state index contributed by atoms with van der Waals surface area (Å²) in [6.45, 7) is 5.98. The minimum Gasteiger partial charge on any atom is -0.368 e. The monoisotopic (exact) mass is 185 g/mol. The van der Waals surface area contributed by atoms with Gasteiger partial charge in [0.2, 0.25) is 5.28 Å². The standard InChI is InChI=1S/C8H12ClN3/c1-5(2)10-7-4-6(3)11-8(9)12-7/h4-5H,1-3H3,(H,10,11,12). The molecule has 0 aromatic carbocycles. The summed E-state index contributed by atoms with van der Waals surface area (Å²) < 4.78 is 0. The first-order valence-electron chi connectivity index (χ1n) is 3.85. The lowest BCUT2D eigenvalue weighted by molar-refractivity contribution is 0.884. The van der Waals surface area contributed by atoms with Gasteiger partial charge in [0.05, 0.1) is 0 Å². The highest BCUT2D eigenvalue weighted by Gasteiger charge is 2.00. The highest BCUT2D eigenvalue weighted by atomic mass is 35.5. The predicted molar refractivity (Wildman–Crippen MR) is 50.5 cm³/mol. The Morgan fingerprint density at radius 2 is 2.08 bits per heavy atom. The smallest absolute Gasteiger partial charge is 0.224 e. The maximum atomic E-state index is 5.67. The highest BCUT2D eigenvalue weighted by molar-refractivity contribution is 6.28. The van der Waals surface area contributed by atoms with Crippen LogP contribution in [0.3, 0.4) is 0 Å². The van der Waals surface area contributed by atoms with Crippen molar-refractivity contribution in [2.24, 2.45) is 0 Å². The van der Waals surface area contributed by atoms with Crippen LogP contribution in [0.5, 0.6) is 0 Å². The summed E-state index contributed by atoms with van der Waals surface area (Å²) in [5.41, 5.74) is 0.873. The first kappa shape index (κ1) is 9.26. The molecule has 0 spiro atoms. The van der Waals surface area contributed by atoms with E-state index in [0.717, 1.165) is 11.5 Å². The van der Waals surface area contributed by atoms with Crippen LogP contribution in [-0.2, 0) is 0 Å². The summed E-state index contributed by atoms with van der Waals surface area (Å²) in [5.74, 6) is 0.780. The average Bonchev–Trinajstić information content (AvgIpc) is 1.81. The fourth-order valence-corrected chi connectivity index (χ4v) is 1.13. The number of aryl methyl sites for hydroxylation is 1. The summed E-state index contributed by atoms with van der Waals surface area (Å²) >= 11 is 5.67. The zero-order valence-corrected chi connectivity index (χ0v) is 8.18. The van der Waals surface area contributed by atoms with Gasteiger partial charge in [-0.15, -0.1) is 0 Å². The maximum Gasteiger partial charge on any atom is 0.224 e. The minimum atomic E-state index is 0.290. The number of hydrogen-bond acceptors (Lipinski definition) is 3. The summed E-state index contributed by atoms with van der Waals surface area (Å²) in [6, 6.07) is 2.22. The number of anilines is 1. The molecule has 0 bridgehead atoms. The molecule has 0 radical (unpaired) electrons. The van der Waals surface area contributed by atoms with E-state index in [1.165, 1.54) is 0 Å². The molecule has 1 aromatic heterocycles. The molecule has 1 heterocycles. The largest absolute Gasteiger partial charge is 0.368 e. The zero-order chi connectivity index (χ0) is 9.14. The van der Waals surface area contributed by atoms with Gasteiger partial charge in [0.25, 0.3) is 0 Å². The molecular formula is C8H12ClN3. The normalized spacial score (nSPS) is 10.4. The van der Waals surface area contributed by atoms with Crippen molar-refractivity contribution in [2.75, 3.05) is 5.32 Å². The molecule has 1 aromatic rings. The van der Waals surface area contributed by atoms with Gasteiger partial charge in [-0.1, -0.05) is 0 Å². The molecule has 12 heavy (non-hydrogen) atoms. The van der Waals surface area contributed by atoms with Crippen molar-refractivity contribution < 1.29 is 0 Å². The molecule has 4 heteroatoms. The third-order valence-electron chi connectivity index (χ3n) is 1.26. The molecule has 0 aliphatic carbocycles. The van der Waals surface area contributed by atoms with Crippen LogP contribution >= 0.6 is 11.6 Å². The van der Waals surface area contributed by atoms with Crippen molar-refractivity contribution in [1.29, 1.82) is 0 Å². The van der Waals surface area contributed by atoms with Gasteiger partial charge >= 0.3 is 0 Å². The van der Waals surface area contributed by atoms with Gasteiger partial charge in [0, 0.05) is 17.8 Å². The highest BCUT2D eigenvalue weighted by Crippen LogP contribution is 2.10. The first-order chi connectivity index (χ1) is 5.58. The molecule has 0 aliphatic heterocycles. The van der Waals surface area contributed by atoms with Crippen molar-refractivity contribution in [3.8, 4) is 0 Å². The predicted octanol–water partition coefficient (Wildman–Crippen LogP) is 2.26. The number of halogens is 1. The van der Waals surface area contributed by atoms with Crippen molar-refractivity contribution in [2.45, 2.75) is 26.8 Å². The van der Waals surface area contributed by atoms with E-state index in [4.69, 9.17) is 11.6 Å². The molecule has 0 aliphatic rings. The fraction of sp³-hybridized carbons (Fsp3) is 0.500. The average molecular weight is 186 g/mol. The first-order valence-corrected chi connectivity index (χ1v) is 4.23. The number of aromatic nitrogens is 2. The Morgan fingerprint density at radius 1 is 1.42 bits per heavy atom. The zero-order valence-electron chi connectivity index (χ0n) is 7.43. The van der Waals surface area contributed by atoms with Gasteiger partial charge in [-0.25, -0.2) is 9.97 Å². The molecule has 0 fully saturated rings. The number of rotatable bonds is 2. The molecule has 66 valence electrons. The van der Waals surface area contributed by atoms with Crippen LogP contribution in [0.2, 0.25) is 5.28 Å². The van der Waals surface area contributed by atoms with E-state index in [9.17, 15) is 0 Å². The fourth-order valence-electron chi connectivity index (χ4n) is 0.902. The van der Waals surface area contributed by atoms with Gasteiger partial charge in [-0.05, 0) is 32.4 Å². The topological polar surface area (TPSA) is 37.8 Å². The van der Waals surface area contributed by atoms with Crippen LogP contribution in [0, 0.1) is 6.92 Å². The Balaban J connectivity index is 2.85. The molecule has 0 saturated heterocycles. The lowest BCUT2D eigenvalue weighted by Gasteiger charge is -2.08. The van der Waals surface area contributed by atoms with E-state index in [-0.39, 0.29) is 5.28 Å². The summed E-state index contributed by atoms with van der Waals surface area (Å²) in [5, 5.41) is 3.44. The van der Waals surface area contributed by atoms with E-state index in [1.54, 1.807) is 0 Å². The van der Waals surface area contributed by atoms with E-state index < -0.39 is 0 Å². The van der Waals surface area contributed by atoms with Crippen LogP contribution in [0.4, 0.5) is 5.82 Å². The van der Waals surface area contributed by atoms with Crippen molar-refractivity contribution >= 4 is 17.4 Å². The molecule has 1 N–H and O–H groups in total. The summed E-state index contributed by atoms with van der Waals surface area (Å²) in [6.07, 6.45) is 0. The minimum absolute atomic E-state index is 0.290. The molecule has 0 atom stereocenters. The lowest BCUT2D eigenvalue weighted by atomic mass is 10.3. The van der Waals surface area contributed by atoms with Gasteiger partial charge in [-0.2, -0.15) is 0 Å². The van der Waals surface area contributed by atoms with Crippen LogP contribution in [-0.4, -0.2) is 16.0 Å². The maximum absolute atomic E-state index is 5.67. The van der Waals surface area contributed by atoms with Gasteiger partial charge in [0.1, 0.15) is 5.82 Å². The summed E-state index contributed by atoms with van der Waals surface area (Å²) in [7, 11) is 0. The third-order valence-corrected chi connectivity index (χ3v) is 1.43. The van der Waals surface area contributed by atoms with Crippen molar-refractivity contribution in [1.82, 2.24) is 9.97 Å². The van der Waals surface area contributed by atoms with E-state index >= 15 is 0 Å². The number of hydrogen-bond donors (Lipinski definition) is 1. The quantitative estimate of drug-likeness (QED) is 0.719.